The molecule has 0 amide bonds. The third kappa shape index (κ3) is 2.38. The van der Waals surface area contributed by atoms with Crippen LogP contribution in [0.4, 0.5) is 5.69 Å². The van der Waals surface area contributed by atoms with Gasteiger partial charge < -0.3 is 10.6 Å². The van der Waals surface area contributed by atoms with Gasteiger partial charge in [0.05, 0.1) is 0 Å². The minimum atomic E-state index is 0.370. The molecule has 0 bridgehead atoms. The summed E-state index contributed by atoms with van der Waals surface area (Å²) in [5.41, 5.74) is 8.81. The maximum absolute atomic E-state index is 6.12. The molecule has 1 fully saturated rings. The Morgan fingerprint density at radius 3 is 3.00 bits per heavy atom. The van der Waals surface area contributed by atoms with Crippen LogP contribution in [0.3, 0.4) is 0 Å². The van der Waals surface area contributed by atoms with E-state index in [0.717, 1.165) is 19.5 Å². The molecule has 2 atom stereocenters. The molecule has 0 spiro atoms. The summed E-state index contributed by atoms with van der Waals surface area (Å²) in [6.07, 6.45) is 2.33. The maximum atomic E-state index is 6.12. The van der Waals surface area contributed by atoms with E-state index in [1.165, 1.54) is 17.7 Å². The van der Waals surface area contributed by atoms with Gasteiger partial charge in [-0.1, -0.05) is 19.1 Å². The summed E-state index contributed by atoms with van der Waals surface area (Å²) < 4.78 is 0. The van der Waals surface area contributed by atoms with E-state index < -0.39 is 0 Å². The molecule has 2 heteroatoms. The average molecular weight is 218 g/mol. The van der Waals surface area contributed by atoms with Crippen molar-refractivity contribution in [2.24, 2.45) is 11.7 Å². The second-order valence-corrected chi connectivity index (χ2v) is 4.91. The quantitative estimate of drug-likeness (QED) is 0.845. The van der Waals surface area contributed by atoms with Crippen molar-refractivity contribution in [2.45, 2.75) is 32.7 Å². The second kappa shape index (κ2) is 4.88. The van der Waals surface area contributed by atoms with E-state index in [0.29, 0.717) is 12.0 Å². The van der Waals surface area contributed by atoms with Crippen molar-refractivity contribution in [3.05, 3.63) is 29.8 Å². The molecule has 2 N–H and O–H groups in total. The van der Waals surface area contributed by atoms with Crippen LogP contribution in [-0.2, 0) is 0 Å². The molecule has 0 aromatic heterocycles. The van der Waals surface area contributed by atoms with Gasteiger partial charge in [0.1, 0.15) is 0 Å². The van der Waals surface area contributed by atoms with Gasteiger partial charge in [0, 0.05) is 24.8 Å². The van der Waals surface area contributed by atoms with Gasteiger partial charge in [-0.15, -0.1) is 0 Å². The van der Waals surface area contributed by atoms with Gasteiger partial charge in [-0.2, -0.15) is 0 Å². The van der Waals surface area contributed by atoms with Crippen LogP contribution in [0.5, 0.6) is 0 Å². The molecule has 1 aromatic rings. The van der Waals surface area contributed by atoms with Crippen LogP contribution in [0.25, 0.3) is 0 Å². The van der Waals surface area contributed by atoms with Gasteiger partial charge >= 0.3 is 0 Å². The first-order valence-corrected chi connectivity index (χ1v) is 6.28. The smallest absolute Gasteiger partial charge is 0.0368 e. The lowest BCUT2D eigenvalue weighted by atomic mass is 9.98. The zero-order chi connectivity index (χ0) is 11.5. The molecule has 1 saturated heterocycles. The van der Waals surface area contributed by atoms with Crippen molar-refractivity contribution in [1.29, 1.82) is 0 Å². The number of rotatable bonds is 3. The summed E-state index contributed by atoms with van der Waals surface area (Å²) >= 11 is 0. The summed E-state index contributed by atoms with van der Waals surface area (Å²) in [7, 11) is 0. The molecule has 0 aliphatic carbocycles. The Bertz CT molecular complexity index is 348. The van der Waals surface area contributed by atoms with Crippen LogP contribution in [-0.4, -0.2) is 19.1 Å². The molecule has 2 rings (SSSR count). The van der Waals surface area contributed by atoms with Crippen LogP contribution in [0, 0.1) is 12.8 Å². The van der Waals surface area contributed by atoms with E-state index in [-0.39, 0.29) is 0 Å². The van der Waals surface area contributed by atoms with Gasteiger partial charge in [0.2, 0.25) is 0 Å². The van der Waals surface area contributed by atoms with Crippen LogP contribution in [0.1, 0.15) is 25.3 Å². The van der Waals surface area contributed by atoms with E-state index in [1.807, 2.05) is 0 Å². The first kappa shape index (κ1) is 11.5. The van der Waals surface area contributed by atoms with E-state index in [1.54, 1.807) is 0 Å². The first-order valence-electron chi connectivity index (χ1n) is 6.28. The lowest BCUT2D eigenvalue weighted by molar-refractivity contribution is 0.447. The predicted octanol–water partition coefficient (Wildman–Crippen LogP) is 2.56. The molecular formula is C14H22N2. The van der Waals surface area contributed by atoms with Crippen LogP contribution < -0.4 is 10.6 Å². The van der Waals surface area contributed by atoms with Crippen molar-refractivity contribution >= 4 is 5.69 Å². The minimum Gasteiger partial charge on any atom is -0.371 e. The van der Waals surface area contributed by atoms with Crippen molar-refractivity contribution in [3.63, 3.8) is 0 Å². The van der Waals surface area contributed by atoms with Gasteiger partial charge in [-0.3, -0.25) is 0 Å². The third-order valence-electron chi connectivity index (χ3n) is 3.67. The fraction of sp³-hybridized carbons (Fsp3) is 0.571. The van der Waals surface area contributed by atoms with Crippen LogP contribution in [0.2, 0.25) is 0 Å². The molecule has 2 nitrogen and oxygen atoms in total. The molecule has 2 unspecified atom stereocenters. The predicted molar refractivity (Wildman–Crippen MR) is 69.8 cm³/mol. The second-order valence-electron chi connectivity index (χ2n) is 4.91. The molecule has 0 radical (unpaired) electrons. The van der Waals surface area contributed by atoms with Crippen molar-refractivity contribution < 1.29 is 0 Å². The molecule has 1 aliphatic heterocycles. The molecule has 16 heavy (non-hydrogen) atoms. The molecule has 1 aliphatic rings. The monoisotopic (exact) mass is 218 g/mol. The number of nitrogens with zero attached hydrogens (tertiary/aromatic N) is 1. The lowest BCUT2D eigenvalue weighted by Gasteiger charge is -2.21. The Balaban J connectivity index is 2.03. The van der Waals surface area contributed by atoms with E-state index in [4.69, 9.17) is 5.73 Å². The molecule has 88 valence electrons. The Hall–Kier alpha value is -1.02. The molecule has 0 saturated carbocycles. The highest BCUT2D eigenvalue weighted by Crippen LogP contribution is 2.26. The number of aryl methyl sites for hydroxylation is 1. The van der Waals surface area contributed by atoms with Gasteiger partial charge in [-0.05, 0) is 43.4 Å². The fourth-order valence-corrected chi connectivity index (χ4v) is 2.53. The zero-order valence-corrected chi connectivity index (χ0v) is 10.3. The van der Waals surface area contributed by atoms with Gasteiger partial charge in [0.25, 0.3) is 0 Å². The molecular weight excluding hydrogens is 196 g/mol. The Morgan fingerprint density at radius 1 is 1.50 bits per heavy atom. The average Bonchev–Trinajstić information content (AvgIpc) is 2.77. The standard InChI is InChI=1S/C14H22N2/c1-3-14(15)12-7-8-16(10-12)13-6-4-5-11(2)9-13/h4-6,9,12,14H,3,7-8,10,15H2,1-2H3. The third-order valence-corrected chi connectivity index (χ3v) is 3.67. The highest BCUT2D eigenvalue weighted by molar-refractivity contribution is 5.49. The molecule has 1 heterocycles. The summed E-state index contributed by atoms with van der Waals surface area (Å²) in [6.45, 7) is 6.61. The number of benzene rings is 1. The van der Waals surface area contributed by atoms with Crippen LogP contribution in [0.15, 0.2) is 24.3 Å². The van der Waals surface area contributed by atoms with Gasteiger partial charge in [-0.25, -0.2) is 0 Å². The van der Waals surface area contributed by atoms with E-state index in [9.17, 15) is 0 Å². The highest BCUT2D eigenvalue weighted by atomic mass is 15.2. The zero-order valence-electron chi connectivity index (χ0n) is 10.3. The van der Waals surface area contributed by atoms with Gasteiger partial charge in [0.15, 0.2) is 0 Å². The number of anilines is 1. The summed E-state index contributed by atoms with van der Waals surface area (Å²) in [5.74, 6) is 0.672. The fourth-order valence-electron chi connectivity index (χ4n) is 2.53. The Kier molecular flexibility index (Phi) is 3.49. The topological polar surface area (TPSA) is 29.3 Å². The number of hydrogen-bond donors (Lipinski definition) is 1. The van der Waals surface area contributed by atoms with Crippen LogP contribution >= 0.6 is 0 Å². The van der Waals surface area contributed by atoms with E-state index in [2.05, 4.69) is 43.0 Å². The van der Waals surface area contributed by atoms with Crippen molar-refractivity contribution in [3.8, 4) is 0 Å². The Labute approximate surface area is 98.4 Å². The number of hydrogen-bond acceptors (Lipinski definition) is 2. The summed E-state index contributed by atoms with van der Waals surface area (Å²) in [6, 6.07) is 9.12. The Morgan fingerprint density at radius 2 is 2.31 bits per heavy atom. The summed E-state index contributed by atoms with van der Waals surface area (Å²) in [5, 5.41) is 0. The SMILES string of the molecule is CCC(N)C1CCN(c2cccc(C)c2)C1. The minimum absolute atomic E-state index is 0.370. The van der Waals surface area contributed by atoms with E-state index >= 15 is 0 Å². The highest BCUT2D eigenvalue weighted by Gasteiger charge is 2.26. The first-order chi connectivity index (χ1) is 7.70. The molecule has 1 aromatic carbocycles. The normalized spacial score (nSPS) is 22.4. The number of nitrogens with two attached hydrogens (primary N) is 1. The lowest BCUT2D eigenvalue weighted by Crippen LogP contribution is -2.31. The largest absolute Gasteiger partial charge is 0.371 e. The van der Waals surface area contributed by atoms with Crippen molar-refractivity contribution in [2.75, 3.05) is 18.0 Å². The maximum Gasteiger partial charge on any atom is 0.0368 e. The summed E-state index contributed by atoms with van der Waals surface area (Å²) in [4.78, 5) is 2.47. The van der Waals surface area contributed by atoms with Crippen molar-refractivity contribution in [1.82, 2.24) is 0 Å².